The van der Waals surface area contributed by atoms with Crippen molar-refractivity contribution >= 4 is 11.8 Å². The van der Waals surface area contributed by atoms with Crippen LogP contribution in [0.2, 0.25) is 0 Å². The Morgan fingerprint density at radius 2 is 1.75 bits per heavy atom. The molecule has 0 bridgehead atoms. The number of nitrogens with zero attached hydrogens (tertiary/aromatic N) is 1. The lowest BCUT2D eigenvalue weighted by Gasteiger charge is -2.36. The standard InChI is InChI=1S/C19H28N2O3/c1-5-24-16-8-6-14(7-9-16)17(22)20-15-10-12-21(13-11-15)18(23)19(2,3)4/h6-9,15H,5,10-13H2,1-4H3,(H,20,22). The maximum Gasteiger partial charge on any atom is 0.251 e. The number of likely N-dealkylation sites (tertiary alicyclic amines) is 1. The van der Waals surface area contributed by atoms with Crippen molar-refractivity contribution in [1.82, 2.24) is 10.2 Å². The highest BCUT2D eigenvalue weighted by Crippen LogP contribution is 2.21. The number of benzene rings is 1. The predicted molar refractivity (Wildman–Crippen MR) is 94.1 cm³/mol. The molecular formula is C19H28N2O3. The highest BCUT2D eigenvalue weighted by atomic mass is 16.5. The van der Waals surface area contributed by atoms with Crippen LogP contribution < -0.4 is 10.1 Å². The summed E-state index contributed by atoms with van der Waals surface area (Å²) in [6.45, 7) is 9.75. The van der Waals surface area contributed by atoms with Crippen LogP contribution in [-0.2, 0) is 4.79 Å². The third-order valence-corrected chi connectivity index (χ3v) is 4.19. The summed E-state index contributed by atoms with van der Waals surface area (Å²) in [7, 11) is 0. The smallest absolute Gasteiger partial charge is 0.251 e. The number of ether oxygens (including phenoxy) is 1. The molecule has 1 aromatic carbocycles. The first-order valence-electron chi connectivity index (χ1n) is 8.64. The van der Waals surface area contributed by atoms with E-state index in [2.05, 4.69) is 5.32 Å². The van der Waals surface area contributed by atoms with Crippen LogP contribution in [0.25, 0.3) is 0 Å². The van der Waals surface area contributed by atoms with E-state index in [0.29, 0.717) is 25.3 Å². The molecule has 0 unspecified atom stereocenters. The quantitative estimate of drug-likeness (QED) is 0.922. The minimum atomic E-state index is -0.349. The van der Waals surface area contributed by atoms with E-state index < -0.39 is 0 Å². The number of amides is 2. The van der Waals surface area contributed by atoms with Gasteiger partial charge >= 0.3 is 0 Å². The van der Waals surface area contributed by atoms with Crippen LogP contribution in [0.4, 0.5) is 0 Å². The number of rotatable bonds is 4. The lowest BCUT2D eigenvalue weighted by molar-refractivity contribution is -0.140. The second-order valence-electron chi connectivity index (χ2n) is 7.25. The van der Waals surface area contributed by atoms with Gasteiger partial charge in [-0.15, -0.1) is 0 Å². The average Bonchev–Trinajstić information content (AvgIpc) is 2.55. The monoisotopic (exact) mass is 332 g/mol. The average molecular weight is 332 g/mol. The molecule has 0 radical (unpaired) electrons. The second kappa shape index (κ2) is 7.69. The summed E-state index contributed by atoms with van der Waals surface area (Å²) in [5.74, 6) is 0.875. The van der Waals surface area contributed by atoms with Gasteiger partial charge in [0.2, 0.25) is 5.91 Å². The summed E-state index contributed by atoms with van der Waals surface area (Å²) in [4.78, 5) is 26.5. The van der Waals surface area contributed by atoms with Gasteiger partial charge in [-0.3, -0.25) is 9.59 Å². The van der Waals surface area contributed by atoms with Crippen LogP contribution in [0.15, 0.2) is 24.3 Å². The molecule has 1 N–H and O–H groups in total. The van der Waals surface area contributed by atoms with E-state index in [1.165, 1.54) is 0 Å². The van der Waals surface area contributed by atoms with E-state index >= 15 is 0 Å². The first-order valence-corrected chi connectivity index (χ1v) is 8.64. The number of hydrogen-bond acceptors (Lipinski definition) is 3. The van der Waals surface area contributed by atoms with Gasteiger partial charge in [0.25, 0.3) is 5.91 Å². The molecular weight excluding hydrogens is 304 g/mol. The van der Waals surface area contributed by atoms with Gasteiger partial charge in [0.05, 0.1) is 6.61 Å². The van der Waals surface area contributed by atoms with Crippen LogP contribution in [0, 0.1) is 5.41 Å². The van der Waals surface area contributed by atoms with E-state index in [0.717, 1.165) is 18.6 Å². The normalized spacial score (nSPS) is 15.9. The minimum absolute atomic E-state index is 0.0707. The molecule has 0 saturated carbocycles. The topological polar surface area (TPSA) is 58.6 Å². The van der Waals surface area contributed by atoms with Crippen LogP contribution in [-0.4, -0.2) is 42.5 Å². The molecule has 24 heavy (non-hydrogen) atoms. The molecule has 1 saturated heterocycles. The summed E-state index contributed by atoms with van der Waals surface area (Å²) in [6.07, 6.45) is 1.59. The fourth-order valence-electron chi connectivity index (χ4n) is 2.84. The zero-order valence-electron chi connectivity index (χ0n) is 15.1. The Morgan fingerprint density at radius 1 is 1.17 bits per heavy atom. The third-order valence-electron chi connectivity index (χ3n) is 4.19. The van der Waals surface area contributed by atoms with Gasteiger partial charge in [0, 0.05) is 30.1 Å². The van der Waals surface area contributed by atoms with Crippen molar-refractivity contribution in [3.63, 3.8) is 0 Å². The first kappa shape index (κ1) is 18.3. The number of nitrogens with one attached hydrogen (secondary N) is 1. The zero-order valence-corrected chi connectivity index (χ0v) is 15.1. The summed E-state index contributed by atoms with van der Waals surface area (Å²) < 4.78 is 5.38. The molecule has 132 valence electrons. The molecule has 1 aromatic rings. The Bertz CT molecular complexity index is 567. The summed E-state index contributed by atoms with van der Waals surface area (Å²) in [5, 5.41) is 3.07. The minimum Gasteiger partial charge on any atom is -0.494 e. The molecule has 1 fully saturated rings. The summed E-state index contributed by atoms with van der Waals surface area (Å²) in [5.41, 5.74) is 0.282. The van der Waals surface area contributed by atoms with Crippen molar-refractivity contribution in [3.05, 3.63) is 29.8 Å². The molecule has 0 spiro atoms. The van der Waals surface area contributed by atoms with E-state index in [1.54, 1.807) is 12.1 Å². The number of piperidine rings is 1. The van der Waals surface area contributed by atoms with Gasteiger partial charge in [-0.2, -0.15) is 0 Å². The molecule has 1 aliphatic heterocycles. The van der Waals surface area contributed by atoms with Crippen LogP contribution in [0.5, 0.6) is 5.75 Å². The van der Waals surface area contributed by atoms with E-state index in [1.807, 2.05) is 44.7 Å². The van der Waals surface area contributed by atoms with Gasteiger partial charge in [-0.25, -0.2) is 0 Å². The Kier molecular flexibility index (Phi) is 5.86. The molecule has 2 amide bonds. The fourth-order valence-corrected chi connectivity index (χ4v) is 2.84. The highest BCUT2D eigenvalue weighted by Gasteiger charge is 2.30. The molecule has 5 heteroatoms. The molecule has 1 aliphatic rings. The Labute approximate surface area is 144 Å². The van der Waals surface area contributed by atoms with Crippen molar-refractivity contribution in [3.8, 4) is 5.75 Å². The molecule has 0 aliphatic carbocycles. The molecule has 0 aromatic heterocycles. The maximum atomic E-state index is 12.3. The van der Waals surface area contributed by atoms with Crippen molar-refractivity contribution < 1.29 is 14.3 Å². The zero-order chi connectivity index (χ0) is 17.7. The van der Waals surface area contributed by atoms with Gasteiger partial charge in [0.15, 0.2) is 0 Å². The Morgan fingerprint density at radius 3 is 2.25 bits per heavy atom. The van der Waals surface area contributed by atoms with Gasteiger partial charge < -0.3 is 15.0 Å². The number of carbonyl (C=O) groups excluding carboxylic acids is 2. The van der Waals surface area contributed by atoms with Crippen molar-refractivity contribution in [2.75, 3.05) is 19.7 Å². The molecule has 5 nitrogen and oxygen atoms in total. The van der Waals surface area contributed by atoms with E-state index in [4.69, 9.17) is 4.74 Å². The van der Waals surface area contributed by atoms with E-state index in [-0.39, 0.29) is 23.3 Å². The predicted octanol–water partition coefficient (Wildman–Crippen LogP) is 2.85. The summed E-state index contributed by atoms with van der Waals surface area (Å²) >= 11 is 0. The Balaban J connectivity index is 1.85. The Hall–Kier alpha value is -2.04. The molecule has 0 atom stereocenters. The molecule has 2 rings (SSSR count). The van der Waals surface area contributed by atoms with Gasteiger partial charge in [-0.05, 0) is 44.0 Å². The van der Waals surface area contributed by atoms with Crippen molar-refractivity contribution in [2.45, 2.75) is 46.6 Å². The van der Waals surface area contributed by atoms with Crippen LogP contribution >= 0.6 is 0 Å². The SMILES string of the molecule is CCOc1ccc(C(=O)NC2CCN(C(=O)C(C)(C)C)CC2)cc1. The lowest BCUT2D eigenvalue weighted by atomic mass is 9.93. The van der Waals surface area contributed by atoms with Crippen LogP contribution in [0.1, 0.15) is 50.9 Å². The molecule has 1 heterocycles. The number of hydrogen-bond donors (Lipinski definition) is 1. The van der Waals surface area contributed by atoms with Crippen molar-refractivity contribution in [1.29, 1.82) is 0 Å². The largest absolute Gasteiger partial charge is 0.494 e. The van der Waals surface area contributed by atoms with Crippen LogP contribution in [0.3, 0.4) is 0 Å². The third kappa shape index (κ3) is 4.73. The first-order chi connectivity index (χ1) is 11.3. The van der Waals surface area contributed by atoms with Gasteiger partial charge in [0.1, 0.15) is 5.75 Å². The van der Waals surface area contributed by atoms with E-state index in [9.17, 15) is 9.59 Å². The fraction of sp³-hybridized carbons (Fsp3) is 0.579. The number of carbonyl (C=O) groups is 2. The highest BCUT2D eigenvalue weighted by molar-refractivity contribution is 5.94. The lowest BCUT2D eigenvalue weighted by Crippen LogP contribution is -2.49. The summed E-state index contributed by atoms with van der Waals surface area (Å²) in [6, 6.07) is 7.29. The second-order valence-corrected chi connectivity index (χ2v) is 7.25. The van der Waals surface area contributed by atoms with Gasteiger partial charge in [-0.1, -0.05) is 20.8 Å². The maximum absolute atomic E-state index is 12.3. The van der Waals surface area contributed by atoms with Crippen molar-refractivity contribution in [2.24, 2.45) is 5.41 Å².